The number of allylic oxidation sites excluding steroid dienone is 2. The number of alkyl carbamates (subject to hydrolysis) is 2. The van der Waals surface area contributed by atoms with Crippen LogP contribution in [0.2, 0.25) is 0 Å². The van der Waals surface area contributed by atoms with Crippen molar-refractivity contribution in [2.75, 3.05) is 141 Å². The van der Waals surface area contributed by atoms with Crippen LogP contribution in [-0.2, 0) is 95.8 Å². The van der Waals surface area contributed by atoms with Crippen molar-refractivity contribution in [1.29, 1.82) is 0 Å². The summed E-state index contributed by atoms with van der Waals surface area (Å²) in [7, 11) is 0. The molecule has 0 saturated heterocycles. The van der Waals surface area contributed by atoms with Gasteiger partial charge in [-0.25, -0.2) is 9.59 Å². The van der Waals surface area contributed by atoms with Gasteiger partial charge in [-0.05, 0) is 150 Å². The van der Waals surface area contributed by atoms with Gasteiger partial charge in [0.25, 0.3) is 0 Å². The summed E-state index contributed by atoms with van der Waals surface area (Å²) >= 11 is 8.18. The molecule has 0 aromatic heterocycles. The number of ketones is 4. The van der Waals surface area contributed by atoms with Crippen LogP contribution in [0, 0.1) is 0 Å². The van der Waals surface area contributed by atoms with Crippen molar-refractivity contribution >= 4 is 209 Å². The van der Waals surface area contributed by atoms with E-state index in [-0.39, 0.29) is 157 Å². The zero-order valence-electron chi connectivity index (χ0n) is 84.5. The van der Waals surface area contributed by atoms with Gasteiger partial charge in [0.15, 0.2) is 23.1 Å². The second-order valence-corrected chi connectivity index (χ2v) is 36.7. The van der Waals surface area contributed by atoms with Gasteiger partial charge in [-0.2, -0.15) is 0 Å². The number of thioether (sulfide) groups is 4. The van der Waals surface area contributed by atoms with E-state index in [1.54, 1.807) is 156 Å². The van der Waals surface area contributed by atoms with E-state index in [2.05, 4.69) is 87.6 Å². The van der Waals surface area contributed by atoms with Gasteiger partial charge in [-0.1, -0.05) is 188 Å². The Balaban J connectivity index is -0.000000872. The SMILES string of the molecule is C=C(C)C(=O)CCCCCC(=O)CNC(=O)CNC(=O)CNC(=O)CSC(=O)c1ccccc1.C=C(C)C(=O)Cl.CC(C)(C)OC(=O)NCCCCC(=O)CNC(=O)CNC(=O)CNC(=O)CSC(=O)c1ccccc1.CC(C)(C)OC(=O)NCCCN.Cl.NCCCCC(=O)CNC(=O)CNC(=O)CNC(=O)CSC(=O)c1ccccc1.NCCCN.O=C(O)CNC(=O)CNC(=O)CNC(=O)CSC(=O)c1ccccc1. The number of aliphatic carboxylic acids is 1. The topological polar surface area (TPSA) is 721 Å². The van der Waals surface area contributed by atoms with Gasteiger partial charge in [-0.15, -0.1) is 12.4 Å². The summed E-state index contributed by atoms with van der Waals surface area (Å²) in [6.45, 7) is 20.7. The minimum absolute atomic E-state index is 0. The molecule has 0 aliphatic heterocycles. The average Bonchev–Trinajstić information content (AvgIpc) is 0.917. The van der Waals surface area contributed by atoms with Crippen molar-refractivity contribution in [3.05, 3.63) is 168 Å². The Hall–Kier alpha value is -13.1. The predicted octanol–water partition coefficient (Wildman–Crippen LogP) is 3.25. The van der Waals surface area contributed by atoms with Crippen LogP contribution in [-0.4, -0.2) is 295 Å². The maximum atomic E-state index is 11.9. The number of halogens is 2. The smallest absolute Gasteiger partial charge is 0.407 e. The highest BCUT2D eigenvalue weighted by Crippen LogP contribution is 2.17. The highest BCUT2D eigenvalue weighted by atomic mass is 35.5. The first kappa shape index (κ1) is 141. The molecular weight excluding hydrogens is 2050 g/mol. The fourth-order valence-electron chi connectivity index (χ4n) is 9.46. The summed E-state index contributed by atoms with van der Waals surface area (Å²) in [4.78, 5) is 277. The van der Waals surface area contributed by atoms with Gasteiger partial charge in [0.2, 0.25) is 96.6 Å². The molecule has 14 amide bonds. The first-order valence-electron chi connectivity index (χ1n) is 46.1. The van der Waals surface area contributed by atoms with Crippen LogP contribution in [0.1, 0.15) is 180 Å². The summed E-state index contributed by atoms with van der Waals surface area (Å²) < 4.78 is 10.1. The Kier molecular flexibility index (Phi) is 83.9. The van der Waals surface area contributed by atoms with E-state index in [1.165, 1.54) is 0 Å². The molecule has 51 heteroatoms. The van der Waals surface area contributed by atoms with Crippen LogP contribution < -0.4 is 97.4 Å². The summed E-state index contributed by atoms with van der Waals surface area (Å²) in [5.41, 5.74) is 22.6. The van der Waals surface area contributed by atoms with Crippen LogP contribution in [0.3, 0.4) is 0 Å². The number of carboxylic acid groups (broad SMARTS) is 1. The van der Waals surface area contributed by atoms with E-state index in [1.807, 2.05) is 20.8 Å². The molecule has 0 bridgehead atoms. The lowest BCUT2D eigenvalue weighted by molar-refractivity contribution is -0.138. The fraction of sp³-hybridized carbons (Fsp3) is 0.464. The van der Waals surface area contributed by atoms with Gasteiger partial charge in [0.1, 0.15) is 17.7 Å². The molecule has 0 fully saturated rings. The van der Waals surface area contributed by atoms with E-state index in [9.17, 15) is 115 Å². The van der Waals surface area contributed by atoms with E-state index in [0.29, 0.717) is 111 Å². The summed E-state index contributed by atoms with van der Waals surface area (Å²) in [5, 5.41) is 40.1. The van der Waals surface area contributed by atoms with Crippen molar-refractivity contribution in [3.63, 3.8) is 0 Å². The molecule has 4 aromatic rings. The van der Waals surface area contributed by atoms with Gasteiger partial charge >= 0.3 is 18.2 Å². The first-order valence-corrected chi connectivity index (χ1v) is 50.4. The molecule has 820 valence electrons. The Morgan fingerprint density at radius 2 is 0.507 bits per heavy atom. The number of nitrogens with two attached hydrogens (primary N) is 4. The molecule has 0 atom stereocenters. The summed E-state index contributed by atoms with van der Waals surface area (Å²) in [6.07, 6.45) is 6.73. The highest BCUT2D eigenvalue weighted by Gasteiger charge is 2.22. The lowest BCUT2D eigenvalue weighted by Crippen LogP contribution is -2.43. The van der Waals surface area contributed by atoms with Crippen molar-refractivity contribution in [3.8, 4) is 0 Å². The number of carbonyl (C=O) groups excluding carboxylic acids is 23. The van der Waals surface area contributed by atoms with Gasteiger partial charge in [0, 0.05) is 66.6 Å². The van der Waals surface area contributed by atoms with E-state index < -0.39 is 112 Å². The van der Waals surface area contributed by atoms with E-state index in [0.717, 1.165) is 85.8 Å². The van der Waals surface area contributed by atoms with Gasteiger partial charge in [0.05, 0.1) is 95.0 Å². The number of carbonyl (C=O) groups is 24. The lowest BCUT2D eigenvalue weighted by Gasteiger charge is -2.19. The zero-order chi connectivity index (χ0) is 111. The molecule has 148 heavy (non-hydrogen) atoms. The molecule has 0 heterocycles. The zero-order valence-corrected chi connectivity index (χ0v) is 89.3. The standard InChI is InChI=1S/C24H34N4O7S.C24H31N3O6S.C19H26N4O5S.C15H17N3O6S.C8H18N2O2.C4H5ClO.C3H10N2.ClH/c1-24(2,3)35-23(34)25-12-8-7-11-18(29)13-26-19(30)14-27-20(31)15-28-21(32)16-36-22(33)17-9-5-4-6-10-17;1-17(2)20(29)12-8-4-7-11-19(28)13-25-21(30)14-26-22(31)15-27-23(32)16-34-24(33)18-9-5-3-6-10-18;20-9-5-4-8-15(24)10-21-16(25)11-22-17(26)12-23-18(27)13-29-19(28)14-6-2-1-3-7-14;19-11(16-6-12(20)18-8-14(22)23)7-17-13(21)9-25-15(24)10-4-2-1-3-5-10;1-8(2,3)12-7(11)10-6-4-5-9;1-3(2)4(5)6;4-2-1-3-5;/h4-6,9-10H,7-8,11-16H2,1-3H3,(H,25,34)(H,26,30)(H,27,31)(H,28,32);3,5-6,9-10H,1,4,7-8,11-16H2,2H3,(H,25,30)(H,26,31)(H,27,32);1-3,6-7H,4-5,8-13,20H2,(H,21,25)(H,22,26)(H,23,27);1-5H,6-9H2,(H,16,19)(H,17,21)(H,18,20)(H,22,23);4-6,9H2,1-3H3,(H,10,11);1H2,2H3;1-5H2;1H. The number of Topliss-reactive ketones (excluding diaryl/α,β-unsaturated/α-hetero) is 4. The van der Waals surface area contributed by atoms with E-state index >= 15 is 0 Å². The van der Waals surface area contributed by atoms with Crippen LogP contribution in [0.15, 0.2) is 146 Å². The number of unbranched alkanes of at least 4 members (excludes halogenated alkanes) is 4. The molecule has 0 spiro atoms. The molecule has 4 aromatic carbocycles. The molecule has 45 nitrogen and oxygen atoms in total. The van der Waals surface area contributed by atoms with Crippen molar-refractivity contribution < 1.29 is 130 Å². The second kappa shape index (κ2) is 88.0. The van der Waals surface area contributed by atoms with Crippen LogP contribution in [0.5, 0.6) is 0 Å². The summed E-state index contributed by atoms with van der Waals surface area (Å²) in [5.74, 6) is -8.61. The molecular formula is C97H142Cl2N18O27S4. The molecule has 0 radical (unpaired) electrons. The van der Waals surface area contributed by atoms with Gasteiger partial charge < -0.3 is 112 Å². The van der Waals surface area contributed by atoms with Crippen molar-refractivity contribution in [2.24, 2.45) is 22.9 Å². The maximum Gasteiger partial charge on any atom is 0.407 e. The molecule has 23 N–H and O–H groups in total. The average molecular weight is 2190 g/mol. The Bertz CT molecular complexity index is 4860. The highest BCUT2D eigenvalue weighted by molar-refractivity contribution is 8.15. The fourth-order valence-corrected chi connectivity index (χ4v) is 12.1. The molecule has 0 unspecified atom stereocenters. The normalized spacial score (nSPS) is 10.0. The third-order valence-electron chi connectivity index (χ3n) is 16.9. The number of hydrogen-bond donors (Lipinski definition) is 19. The lowest BCUT2D eigenvalue weighted by atomic mass is 10.1. The Morgan fingerprint density at radius 1 is 0.291 bits per heavy atom. The van der Waals surface area contributed by atoms with E-state index in [4.69, 9.17) is 49.1 Å². The number of rotatable bonds is 58. The Labute approximate surface area is 889 Å². The number of ether oxygens (including phenoxy) is 2. The first-order chi connectivity index (χ1) is 69.5. The van der Waals surface area contributed by atoms with Crippen LogP contribution in [0.4, 0.5) is 9.59 Å². The minimum Gasteiger partial charge on any atom is -0.480 e. The third kappa shape index (κ3) is 89.3. The molecule has 0 aliphatic rings. The largest absolute Gasteiger partial charge is 0.480 e. The monoisotopic (exact) mass is 2190 g/mol. The number of carboxylic acids is 1. The Morgan fingerprint density at radius 3 is 0.730 bits per heavy atom. The molecule has 0 saturated carbocycles. The van der Waals surface area contributed by atoms with Gasteiger partial charge in [-0.3, -0.25) is 105 Å². The number of nitrogens with one attached hydrogen (secondary N) is 14. The van der Waals surface area contributed by atoms with Crippen LogP contribution in [0.25, 0.3) is 0 Å². The quantitative estimate of drug-likeness (QED) is 0.0171. The van der Waals surface area contributed by atoms with Crippen molar-refractivity contribution in [2.45, 2.75) is 150 Å². The summed E-state index contributed by atoms with van der Waals surface area (Å²) in [6, 6.07) is 34.1. The minimum atomic E-state index is -1.20. The van der Waals surface area contributed by atoms with Crippen LogP contribution >= 0.6 is 71.1 Å². The number of hydrogen-bond acceptors (Lipinski definition) is 34. The molecule has 4 rings (SSSR count). The molecule has 0 aliphatic carbocycles. The predicted molar refractivity (Wildman–Crippen MR) is 569 cm³/mol. The van der Waals surface area contributed by atoms with Crippen molar-refractivity contribution in [1.82, 2.24) is 74.4 Å². The maximum absolute atomic E-state index is 11.9. The number of amides is 14. The second-order valence-electron chi connectivity index (χ2n) is 32.6. The number of benzene rings is 4. The third-order valence-corrected chi connectivity index (χ3v) is 20.9.